The minimum Gasteiger partial charge on any atom is -0.339 e. The first kappa shape index (κ1) is 19.1. The van der Waals surface area contributed by atoms with Crippen molar-refractivity contribution in [2.75, 3.05) is 24.1 Å². The molecule has 0 saturated carbocycles. The molecule has 2 aromatic rings. The molecule has 0 aromatic heterocycles. The van der Waals surface area contributed by atoms with E-state index in [1.165, 1.54) is 23.9 Å². The third kappa shape index (κ3) is 4.00. The molecular formula is C18H19ClN2O3S2. The van der Waals surface area contributed by atoms with Crippen LogP contribution in [0.1, 0.15) is 23.2 Å². The lowest BCUT2D eigenvalue weighted by Crippen LogP contribution is -2.28. The molecule has 1 aliphatic rings. The second-order valence-electron chi connectivity index (χ2n) is 5.95. The molecule has 138 valence electrons. The van der Waals surface area contributed by atoms with E-state index in [1.807, 2.05) is 6.26 Å². The Kier molecular flexibility index (Phi) is 5.79. The van der Waals surface area contributed by atoms with Crippen LogP contribution >= 0.6 is 23.4 Å². The summed E-state index contributed by atoms with van der Waals surface area (Å²) < 4.78 is 28.0. The van der Waals surface area contributed by atoms with Crippen molar-refractivity contribution in [3.8, 4) is 0 Å². The molecule has 1 saturated heterocycles. The molecule has 0 spiro atoms. The van der Waals surface area contributed by atoms with Gasteiger partial charge in [-0.1, -0.05) is 23.7 Å². The number of rotatable bonds is 5. The standard InChI is InChI=1S/C18H19ClN2O3S2/c1-25-17-9-8-13(12-14(17)18(22)21-10-4-5-11-21)26(23,24)20-16-7-3-2-6-15(16)19/h2-3,6-9,12,20H,4-5,10-11H2,1H3. The first-order chi connectivity index (χ1) is 12.4. The predicted molar refractivity (Wildman–Crippen MR) is 106 cm³/mol. The fraction of sp³-hybridized carbons (Fsp3) is 0.278. The number of carbonyl (C=O) groups is 1. The molecule has 2 aromatic carbocycles. The van der Waals surface area contributed by atoms with Gasteiger partial charge >= 0.3 is 0 Å². The number of amides is 1. The number of nitrogens with zero attached hydrogens (tertiary/aromatic N) is 1. The van der Waals surface area contributed by atoms with Gasteiger partial charge in [0.15, 0.2) is 0 Å². The van der Waals surface area contributed by atoms with Gasteiger partial charge in [0.1, 0.15) is 0 Å². The van der Waals surface area contributed by atoms with Crippen molar-refractivity contribution in [3.63, 3.8) is 0 Å². The van der Waals surface area contributed by atoms with E-state index in [0.717, 1.165) is 17.7 Å². The number of carbonyl (C=O) groups excluding carboxylic acids is 1. The van der Waals surface area contributed by atoms with Gasteiger partial charge in [-0.25, -0.2) is 8.42 Å². The number of likely N-dealkylation sites (tertiary alicyclic amines) is 1. The van der Waals surface area contributed by atoms with E-state index < -0.39 is 10.0 Å². The second kappa shape index (κ2) is 7.90. The summed E-state index contributed by atoms with van der Waals surface area (Å²) in [5.74, 6) is -0.123. The van der Waals surface area contributed by atoms with E-state index in [0.29, 0.717) is 29.4 Å². The molecule has 3 rings (SSSR count). The third-order valence-corrected chi connectivity index (χ3v) is 6.71. The van der Waals surface area contributed by atoms with Gasteiger partial charge in [0.2, 0.25) is 0 Å². The molecule has 1 N–H and O–H groups in total. The average Bonchev–Trinajstić information content (AvgIpc) is 3.17. The van der Waals surface area contributed by atoms with Crippen LogP contribution in [0.3, 0.4) is 0 Å². The molecular weight excluding hydrogens is 392 g/mol. The van der Waals surface area contributed by atoms with Crippen molar-refractivity contribution in [2.24, 2.45) is 0 Å². The first-order valence-electron chi connectivity index (χ1n) is 8.17. The molecule has 8 heteroatoms. The molecule has 1 amide bonds. The zero-order valence-electron chi connectivity index (χ0n) is 14.2. The van der Waals surface area contributed by atoms with Crippen LogP contribution in [0.5, 0.6) is 0 Å². The van der Waals surface area contributed by atoms with E-state index in [4.69, 9.17) is 11.6 Å². The number of halogens is 1. The Hall–Kier alpha value is -1.70. The number of nitrogens with one attached hydrogen (secondary N) is 1. The summed E-state index contributed by atoms with van der Waals surface area (Å²) in [6.07, 6.45) is 3.82. The zero-order valence-corrected chi connectivity index (χ0v) is 16.6. The molecule has 1 heterocycles. The van der Waals surface area contributed by atoms with Crippen molar-refractivity contribution in [1.82, 2.24) is 4.90 Å². The number of hydrogen-bond donors (Lipinski definition) is 1. The molecule has 1 fully saturated rings. The number of thioether (sulfide) groups is 1. The minimum absolute atomic E-state index is 0.0396. The summed E-state index contributed by atoms with van der Waals surface area (Å²) in [6, 6.07) is 11.3. The van der Waals surface area contributed by atoms with Gasteiger partial charge in [-0.3, -0.25) is 9.52 Å². The van der Waals surface area contributed by atoms with Gasteiger partial charge in [-0.05, 0) is 49.4 Å². The third-order valence-electron chi connectivity index (χ3n) is 4.22. The minimum atomic E-state index is -3.85. The summed E-state index contributed by atoms with van der Waals surface area (Å²) in [5.41, 5.74) is 0.719. The summed E-state index contributed by atoms with van der Waals surface area (Å²) in [6.45, 7) is 1.42. The lowest BCUT2D eigenvalue weighted by molar-refractivity contribution is 0.0789. The van der Waals surface area contributed by atoms with E-state index in [9.17, 15) is 13.2 Å². The smallest absolute Gasteiger partial charge is 0.261 e. The van der Waals surface area contributed by atoms with Crippen LogP contribution < -0.4 is 4.72 Å². The van der Waals surface area contributed by atoms with Crippen molar-refractivity contribution in [1.29, 1.82) is 0 Å². The highest BCUT2D eigenvalue weighted by Gasteiger charge is 2.24. The van der Waals surface area contributed by atoms with Crippen LogP contribution in [0.4, 0.5) is 5.69 Å². The van der Waals surface area contributed by atoms with E-state index in [2.05, 4.69) is 4.72 Å². The fourth-order valence-corrected chi connectivity index (χ4v) is 4.77. The van der Waals surface area contributed by atoms with Crippen LogP contribution in [0, 0.1) is 0 Å². The average molecular weight is 411 g/mol. The maximum absolute atomic E-state index is 12.8. The monoisotopic (exact) mass is 410 g/mol. The molecule has 5 nitrogen and oxygen atoms in total. The van der Waals surface area contributed by atoms with Gasteiger partial charge in [0, 0.05) is 18.0 Å². The lowest BCUT2D eigenvalue weighted by atomic mass is 10.2. The first-order valence-corrected chi connectivity index (χ1v) is 11.3. The summed E-state index contributed by atoms with van der Waals surface area (Å²) in [5, 5.41) is 0.310. The van der Waals surface area contributed by atoms with Gasteiger partial charge in [0.25, 0.3) is 15.9 Å². The molecule has 26 heavy (non-hydrogen) atoms. The van der Waals surface area contributed by atoms with Gasteiger partial charge in [0.05, 0.1) is 21.2 Å². The van der Waals surface area contributed by atoms with Gasteiger partial charge < -0.3 is 4.90 Å². The van der Waals surface area contributed by atoms with Crippen LogP contribution in [0.2, 0.25) is 5.02 Å². The molecule has 0 unspecified atom stereocenters. The number of hydrogen-bond acceptors (Lipinski definition) is 4. The molecule has 0 radical (unpaired) electrons. The van der Waals surface area contributed by atoms with Crippen LogP contribution in [0.25, 0.3) is 0 Å². The number of benzene rings is 2. The lowest BCUT2D eigenvalue weighted by Gasteiger charge is -2.18. The Balaban J connectivity index is 1.96. The van der Waals surface area contributed by atoms with E-state index in [-0.39, 0.29) is 10.8 Å². The molecule has 0 bridgehead atoms. The van der Waals surface area contributed by atoms with E-state index >= 15 is 0 Å². The number of para-hydroxylation sites is 1. The largest absolute Gasteiger partial charge is 0.339 e. The second-order valence-corrected chi connectivity index (χ2v) is 8.88. The van der Waals surface area contributed by atoms with Gasteiger partial charge in [-0.15, -0.1) is 11.8 Å². The van der Waals surface area contributed by atoms with Crippen molar-refractivity contribution in [3.05, 3.63) is 53.1 Å². The Morgan fingerprint density at radius 2 is 1.85 bits per heavy atom. The summed E-state index contributed by atoms with van der Waals surface area (Å²) in [4.78, 5) is 15.4. The molecule has 0 aliphatic carbocycles. The summed E-state index contributed by atoms with van der Waals surface area (Å²) in [7, 11) is -3.85. The Morgan fingerprint density at radius 3 is 2.50 bits per heavy atom. The zero-order chi connectivity index (χ0) is 18.7. The maximum atomic E-state index is 12.8. The SMILES string of the molecule is CSc1ccc(S(=O)(=O)Nc2ccccc2Cl)cc1C(=O)N1CCCC1. The highest BCUT2D eigenvalue weighted by molar-refractivity contribution is 7.98. The van der Waals surface area contributed by atoms with Crippen LogP contribution in [0.15, 0.2) is 52.3 Å². The quantitative estimate of drug-likeness (QED) is 0.753. The van der Waals surface area contributed by atoms with Crippen molar-refractivity contribution >= 4 is 45.0 Å². The van der Waals surface area contributed by atoms with E-state index in [1.54, 1.807) is 35.2 Å². The Bertz CT molecular complexity index is 926. The molecule has 0 atom stereocenters. The van der Waals surface area contributed by atoms with Crippen molar-refractivity contribution in [2.45, 2.75) is 22.6 Å². The van der Waals surface area contributed by atoms with Gasteiger partial charge in [-0.2, -0.15) is 0 Å². The highest BCUT2D eigenvalue weighted by atomic mass is 35.5. The Labute approximate surface area is 162 Å². The maximum Gasteiger partial charge on any atom is 0.261 e. The summed E-state index contributed by atoms with van der Waals surface area (Å²) >= 11 is 7.47. The Morgan fingerprint density at radius 1 is 1.15 bits per heavy atom. The van der Waals surface area contributed by atoms with Crippen LogP contribution in [-0.2, 0) is 10.0 Å². The molecule has 1 aliphatic heterocycles. The number of sulfonamides is 1. The fourth-order valence-electron chi connectivity index (χ4n) is 2.86. The predicted octanol–water partition coefficient (Wildman–Crippen LogP) is 4.10. The highest BCUT2D eigenvalue weighted by Crippen LogP contribution is 2.28. The number of anilines is 1. The van der Waals surface area contributed by atoms with Crippen molar-refractivity contribution < 1.29 is 13.2 Å². The normalized spacial score (nSPS) is 14.5. The topological polar surface area (TPSA) is 66.5 Å². The van der Waals surface area contributed by atoms with Crippen LogP contribution in [-0.4, -0.2) is 38.6 Å².